The van der Waals surface area contributed by atoms with Crippen molar-refractivity contribution in [2.75, 3.05) is 43.4 Å². The van der Waals surface area contributed by atoms with Crippen LogP contribution < -0.4 is 4.31 Å². The van der Waals surface area contributed by atoms with Crippen molar-refractivity contribution < 1.29 is 17.9 Å². The minimum Gasteiger partial charge on any atom is -0.378 e. The summed E-state index contributed by atoms with van der Waals surface area (Å²) < 4.78 is 30.8. The second kappa shape index (κ2) is 8.18. The molecule has 0 radical (unpaired) electrons. The van der Waals surface area contributed by atoms with Gasteiger partial charge in [0.2, 0.25) is 15.9 Å². The number of amides is 1. The van der Waals surface area contributed by atoms with E-state index < -0.39 is 10.0 Å². The van der Waals surface area contributed by atoms with E-state index in [0.717, 1.165) is 6.26 Å². The molecule has 24 heavy (non-hydrogen) atoms. The van der Waals surface area contributed by atoms with Crippen LogP contribution in [0.4, 0.5) is 5.69 Å². The zero-order valence-electron chi connectivity index (χ0n) is 14.0. The van der Waals surface area contributed by atoms with E-state index in [4.69, 9.17) is 16.3 Å². The Morgan fingerprint density at radius 2 is 2.00 bits per heavy atom. The van der Waals surface area contributed by atoms with E-state index in [0.29, 0.717) is 55.4 Å². The van der Waals surface area contributed by atoms with Crippen molar-refractivity contribution in [2.45, 2.75) is 19.8 Å². The molecule has 0 aliphatic carbocycles. The Hall–Kier alpha value is -1.31. The maximum absolute atomic E-state index is 12.2. The van der Waals surface area contributed by atoms with Crippen molar-refractivity contribution in [2.24, 2.45) is 0 Å². The molecule has 6 nitrogen and oxygen atoms in total. The largest absolute Gasteiger partial charge is 0.378 e. The Morgan fingerprint density at radius 3 is 2.62 bits per heavy atom. The molecule has 1 aromatic rings. The van der Waals surface area contributed by atoms with E-state index in [1.54, 1.807) is 30.0 Å². The monoisotopic (exact) mass is 374 g/mol. The minimum absolute atomic E-state index is 0.0366. The number of nitrogens with zero attached hydrogens (tertiary/aromatic N) is 2. The third kappa shape index (κ3) is 4.84. The summed E-state index contributed by atoms with van der Waals surface area (Å²) in [7, 11) is -3.45. The Morgan fingerprint density at radius 1 is 1.33 bits per heavy atom. The first-order valence-corrected chi connectivity index (χ1v) is 10.1. The van der Waals surface area contributed by atoms with Crippen molar-refractivity contribution in [1.82, 2.24) is 4.90 Å². The van der Waals surface area contributed by atoms with Gasteiger partial charge in [-0.2, -0.15) is 0 Å². The Balaban J connectivity index is 2.02. The number of sulfonamides is 1. The highest BCUT2D eigenvalue weighted by Gasteiger charge is 2.21. The molecular weight excluding hydrogens is 352 g/mol. The first-order chi connectivity index (χ1) is 11.3. The highest BCUT2D eigenvalue weighted by Crippen LogP contribution is 2.28. The lowest BCUT2D eigenvalue weighted by Gasteiger charge is -2.28. The van der Waals surface area contributed by atoms with Gasteiger partial charge in [0.1, 0.15) is 0 Å². The van der Waals surface area contributed by atoms with Gasteiger partial charge in [0.05, 0.1) is 25.2 Å². The molecule has 2 rings (SSSR count). The first-order valence-electron chi connectivity index (χ1n) is 7.89. The van der Waals surface area contributed by atoms with Crippen LogP contribution in [0.25, 0.3) is 0 Å². The van der Waals surface area contributed by atoms with Gasteiger partial charge in [0.25, 0.3) is 0 Å². The quantitative estimate of drug-likeness (QED) is 0.764. The van der Waals surface area contributed by atoms with Crippen LogP contribution in [0.5, 0.6) is 0 Å². The Kier molecular flexibility index (Phi) is 6.48. The number of benzene rings is 1. The van der Waals surface area contributed by atoms with Crippen LogP contribution >= 0.6 is 11.6 Å². The normalized spacial score (nSPS) is 15.4. The topological polar surface area (TPSA) is 66.9 Å². The van der Waals surface area contributed by atoms with Crippen molar-refractivity contribution in [3.05, 3.63) is 28.8 Å². The van der Waals surface area contributed by atoms with Crippen LogP contribution in [0.2, 0.25) is 5.02 Å². The van der Waals surface area contributed by atoms with E-state index in [2.05, 4.69) is 0 Å². The van der Waals surface area contributed by atoms with Gasteiger partial charge in [-0.25, -0.2) is 8.42 Å². The predicted molar refractivity (Wildman–Crippen MR) is 95.0 cm³/mol. The van der Waals surface area contributed by atoms with E-state index in [1.807, 2.05) is 0 Å². The molecule has 0 N–H and O–H groups in total. The molecule has 1 amide bonds. The number of carbonyl (C=O) groups excluding carboxylic acids is 1. The molecule has 1 heterocycles. The summed E-state index contributed by atoms with van der Waals surface area (Å²) in [5, 5.41) is 0.519. The van der Waals surface area contributed by atoms with E-state index in [9.17, 15) is 13.2 Å². The van der Waals surface area contributed by atoms with Crippen LogP contribution in [0.15, 0.2) is 18.2 Å². The second-order valence-corrected chi connectivity index (χ2v) is 8.13. The molecule has 1 aliphatic heterocycles. The van der Waals surface area contributed by atoms with Crippen molar-refractivity contribution in [3.63, 3.8) is 0 Å². The number of anilines is 1. The molecule has 0 spiro atoms. The zero-order chi connectivity index (χ0) is 17.7. The maximum atomic E-state index is 12.2. The molecule has 0 aromatic heterocycles. The van der Waals surface area contributed by atoms with Gasteiger partial charge in [-0.1, -0.05) is 17.7 Å². The van der Waals surface area contributed by atoms with Gasteiger partial charge in [-0.15, -0.1) is 0 Å². The third-order valence-corrected chi connectivity index (χ3v) is 5.61. The molecule has 0 saturated carbocycles. The standard InChI is InChI=1S/C16H23ClN2O4S/c1-13-14(17)5-3-6-15(13)19(24(2,21)22)8-4-7-16(20)18-9-11-23-12-10-18/h3,5-6H,4,7-12H2,1-2H3. The van der Waals surface area contributed by atoms with Crippen LogP contribution in [0, 0.1) is 6.92 Å². The van der Waals surface area contributed by atoms with Crippen LogP contribution in [-0.2, 0) is 19.6 Å². The molecule has 1 saturated heterocycles. The molecule has 0 atom stereocenters. The first kappa shape index (κ1) is 19.0. The molecule has 0 bridgehead atoms. The Bertz CT molecular complexity index is 687. The van der Waals surface area contributed by atoms with E-state index >= 15 is 0 Å². The zero-order valence-corrected chi connectivity index (χ0v) is 15.6. The number of morpholine rings is 1. The average molecular weight is 375 g/mol. The summed E-state index contributed by atoms with van der Waals surface area (Å²) in [4.78, 5) is 13.9. The van der Waals surface area contributed by atoms with Crippen LogP contribution in [0.1, 0.15) is 18.4 Å². The second-order valence-electron chi connectivity index (χ2n) is 5.82. The lowest BCUT2D eigenvalue weighted by atomic mass is 10.2. The third-order valence-electron chi connectivity index (χ3n) is 4.02. The fourth-order valence-corrected chi connectivity index (χ4v) is 3.86. The summed E-state index contributed by atoms with van der Waals surface area (Å²) in [6, 6.07) is 5.18. The fourth-order valence-electron chi connectivity index (χ4n) is 2.68. The number of halogens is 1. The molecule has 0 unspecified atom stereocenters. The molecule has 1 fully saturated rings. The SMILES string of the molecule is Cc1c(Cl)cccc1N(CCCC(=O)N1CCOCC1)S(C)(=O)=O. The van der Waals surface area contributed by atoms with Gasteiger partial charge in [0, 0.05) is 31.1 Å². The maximum Gasteiger partial charge on any atom is 0.232 e. The molecule has 8 heteroatoms. The van der Waals surface area contributed by atoms with Gasteiger partial charge < -0.3 is 9.64 Å². The predicted octanol–water partition coefficient (Wildman–Crippen LogP) is 2.05. The summed E-state index contributed by atoms with van der Waals surface area (Å²) in [5.74, 6) is 0.0366. The van der Waals surface area contributed by atoms with E-state index in [-0.39, 0.29) is 12.5 Å². The van der Waals surface area contributed by atoms with E-state index in [1.165, 1.54) is 4.31 Å². The summed E-state index contributed by atoms with van der Waals surface area (Å²) in [6.07, 6.45) is 1.93. The average Bonchev–Trinajstić information content (AvgIpc) is 2.54. The summed E-state index contributed by atoms with van der Waals surface area (Å²) >= 11 is 6.10. The van der Waals surface area contributed by atoms with Gasteiger partial charge in [0.15, 0.2) is 0 Å². The highest BCUT2D eigenvalue weighted by molar-refractivity contribution is 7.92. The Labute approximate surface area is 148 Å². The van der Waals surface area contributed by atoms with Crippen molar-refractivity contribution in [3.8, 4) is 0 Å². The number of ether oxygens (including phenoxy) is 1. The van der Waals surface area contributed by atoms with Gasteiger partial charge in [-0.3, -0.25) is 9.10 Å². The molecular formula is C16H23ClN2O4S. The molecule has 134 valence electrons. The summed E-state index contributed by atoms with van der Waals surface area (Å²) in [5.41, 5.74) is 1.27. The molecule has 1 aliphatic rings. The number of rotatable bonds is 6. The van der Waals surface area contributed by atoms with Crippen molar-refractivity contribution >= 4 is 33.2 Å². The van der Waals surface area contributed by atoms with Crippen LogP contribution in [-0.4, -0.2) is 58.3 Å². The van der Waals surface area contributed by atoms with Crippen LogP contribution in [0.3, 0.4) is 0 Å². The fraction of sp³-hybridized carbons (Fsp3) is 0.562. The minimum atomic E-state index is -3.45. The number of hydrogen-bond donors (Lipinski definition) is 0. The lowest BCUT2D eigenvalue weighted by molar-refractivity contribution is -0.135. The van der Waals surface area contributed by atoms with Gasteiger partial charge in [-0.05, 0) is 31.0 Å². The molecule has 1 aromatic carbocycles. The number of carbonyl (C=O) groups is 1. The van der Waals surface area contributed by atoms with Gasteiger partial charge >= 0.3 is 0 Å². The van der Waals surface area contributed by atoms with Crippen molar-refractivity contribution in [1.29, 1.82) is 0 Å². The lowest BCUT2D eigenvalue weighted by Crippen LogP contribution is -2.41. The highest BCUT2D eigenvalue weighted by atomic mass is 35.5. The smallest absolute Gasteiger partial charge is 0.232 e. The summed E-state index contributed by atoms with van der Waals surface area (Å²) in [6.45, 7) is 4.35. The number of hydrogen-bond acceptors (Lipinski definition) is 4.